The molecule has 0 unspecified atom stereocenters. The summed E-state index contributed by atoms with van der Waals surface area (Å²) in [5.74, 6) is -2.42. The Hall–Kier alpha value is -1.66. The molecule has 2 rings (SSSR count). The highest BCUT2D eigenvalue weighted by molar-refractivity contribution is 7.99. The highest BCUT2D eigenvalue weighted by Crippen LogP contribution is 2.29. The highest BCUT2D eigenvalue weighted by atomic mass is 32.2. The van der Waals surface area contributed by atoms with Gasteiger partial charge in [-0.05, 0) is 53.5 Å². The van der Waals surface area contributed by atoms with Crippen LogP contribution in [0.5, 0.6) is 0 Å². The Kier molecular flexibility index (Phi) is 6.18. The maximum atomic E-state index is 12.3. The van der Waals surface area contributed by atoms with Crippen molar-refractivity contribution in [1.82, 2.24) is 0 Å². The molecule has 2 aromatic rings. The summed E-state index contributed by atoms with van der Waals surface area (Å²) in [5.41, 5.74) is 2.86. The lowest BCUT2D eigenvalue weighted by atomic mass is 9.86. The Morgan fingerprint density at radius 3 is 2.21 bits per heavy atom. The van der Waals surface area contributed by atoms with Crippen LogP contribution >= 0.6 is 24.0 Å². The van der Waals surface area contributed by atoms with Gasteiger partial charge in [-0.3, -0.25) is 0 Å². The summed E-state index contributed by atoms with van der Waals surface area (Å²) in [6.07, 6.45) is 0. The van der Waals surface area contributed by atoms with E-state index >= 15 is 0 Å². The Bertz CT molecular complexity index is 695. The SMILES string of the molecule is CC(C)(C)c1ccccc1NC(=S)Nc1ccc(SC(F)F)cc1. The molecule has 2 aromatic carbocycles. The van der Waals surface area contributed by atoms with Crippen molar-refractivity contribution in [2.45, 2.75) is 36.8 Å². The van der Waals surface area contributed by atoms with E-state index in [1.807, 2.05) is 18.2 Å². The predicted molar refractivity (Wildman–Crippen MR) is 103 cm³/mol. The molecule has 0 saturated heterocycles. The zero-order chi connectivity index (χ0) is 17.7. The number of hydrogen-bond donors (Lipinski definition) is 2. The molecule has 0 fully saturated rings. The van der Waals surface area contributed by atoms with Gasteiger partial charge in [-0.25, -0.2) is 0 Å². The molecule has 128 valence electrons. The summed E-state index contributed by atoms with van der Waals surface area (Å²) in [6, 6.07) is 14.8. The predicted octanol–water partition coefficient (Wildman–Crippen LogP) is 6.11. The quantitative estimate of drug-likeness (QED) is 0.504. The fraction of sp³-hybridized carbons (Fsp3) is 0.278. The number of thioether (sulfide) groups is 1. The molecule has 0 saturated carbocycles. The minimum absolute atomic E-state index is 0.00660. The molecular weight excluding hydrogens is 346 g/mol. The Balaban J connectivity index is 2.04. The van der Waals surface area contributed by atoms with Gasteiger partial charge in [-0.15, -0.1) is 0 Å². The van der Waals surface area contributed by atoms with E-state index in [0.29, 0.717) is 21.8 Å². The molecule has 0 amide bonds. The number of rotatable bonds is 4. The second kappa shape index (κ2) is 7.94. The first-order chi connectivity index (χ1) is 11.3. The van der Waals surface area contributed by atoms with E-state index < -0.39 is 5.76 Å². The minimum atomic E-state index is -2.42. The topological polar surface area (TPSA) is 24.1 Å². The second-order valence-electron chi connectivity index (χ2n) is 6.28. The van der Waals surface area contributed by atoms with Crippen LogP contribution < -0.4 is 10.6 Å². The molecule has 0 aromatic heterocycles. The van der Waals surface area contributed by atoms with Gasteiger partial charge in [-0.1, -0.05) is 50.7 Å². The molecule has 0 atom stereocenters. The number of alkyl halides is 2. The molecule has 0 aliphatic heterocycles. The normalized spacial score (nSPS) is 11.4. The first kappa shape index (κ1) is 18.7. The van der Waals surface area contributed by atoms with Gasteiger partial charge in [0.15, 0.2) is 5.11 Å². The standard InChI is InChI=1S/C18H20F2N2S2/c1-18(2,3)14-6-4-5-7-15(14)22-17(23)21-12-8-10-13(11-9-12)24-16(19)20/h4-11,16H,1-3H3,(H2,21,22,23). The molecule has 24 heavy (non-hydrogen) atoms. The fourth-order valence-corrected chi connectivity index (χ4v) is 2.98. The number of benzene rings is 2. The molecule has 2 N–H and O–H groups in total. The van der Waals surface area contributed by atoms with Gasteiger partial charge >= 0.3 is 0 Å². The van der Waals surface area contributed by atoms with Crippen molar-refractivity contribution in [2.75, 3.05) is 10.6 Å². The van der Waals surface area contributed by atoms with Crippen molar-refractivity contribution in [3.05, 3.63) is 54.1 Å². The number of hydrogen-bond acceptors (Lipinski definition) is 2. The number of nitrogens with one attached hydrogen (secondary N) is 2. The van der Waals surface area contributed by atoms with E-state index in [9.17, 15) is 8.78 Å². The van der Waals surface area contributed by atoms with Crippen LogP contribution in [-0.2, 0) is 5.41 Å². The fourth-order valence-electron chi connectivity index (χ4n) is 2.25. The number of thiocarbonyl (C=S) groups is 1. The lowest BCUT2D eigenvalue weighted by Crippen LogP contribution is -2.22. The van der Waals surface area contributed by atoms with Crippen LogP contribution in [0.2, 0.25) is 0 Å². The Morgan fingerprint density at radius 2 is 1.62 bits per heavy atom. The molecule has 0 aliphatic rings. The van der Waals surface area contributed by atoms with Crippen LogP contribution in [0.4, 0.5) is 20.2 Å². The van der Waals surface area contributed by atoms with Gasteiger partial charge < -0.3 is 10.6 Å². The van der Waals surface area contributed by atoms with Crippen molar-refractivity contribution in [2.24, 2.45) is 0 Å². The van der Waals surface area contributed by atoms with Crippen molar-refractivity contribution < 1.29 is 8.78 Å². The van der Waals surface area contributed by atoms with Gasteiger partial charge in [0.05, 0.1) is 0 Å². The summed E-state index contributed by atoms with van der Waals surface area (Å²) in [7, 11) is 0. The zero-order valence-corrected chi connectivity index (χ0v) is 15.4. The Labute approximate surface area is 151 Å². The third-order valence-electron chi connectivity index (χ3n) is 3.32. The lowest BCUT2D eigenvalue weighted by molar-refractivity contribution is 0.252. The van der Waals surface area contributed by atoms with E-state index in [2.05, 4.69) is 37.5 Å². The first-order valence-corrected chi connectivity index (χ1v) is 8.77. The van der Waals surface area contributed by atoms with Crippen LogP contribution in [0, 0.1) is 0 Å². The zero-order valence-electron chi connectivity index (χ0n) is 13.8. The van der Waals surface area contributed by atoms with E-state index in [1.165, 1.54) is 0 Å². The molecule has 0 bridgehead atoms. The summed E-state index contributed by atoms with van der Waals surface area (Å²) >= 11 is 5.88. The largest absolute Gasteiger partial charge is 0.332 e. The van der Waals surface area contributed by atoms with E-state index in [1.54, 1.807) is 24.3 Å². The molecule has 0 spiro atoms. The van der Waals surface area contributed by atoms with Crippen LogP contribution in [0.3, 0.4) is 0 Å². The molecule has 2 nitrogen and oxygen atoms in total. The molecule has 6 heteroatoms. The minimum Gasteiger partial charge on any atom is -0.332 e. The average Bonchev–Trinajstić information content (AvgIpc) is 2.48. The monoisotopic (exact) mass is 366 g/mol. The third-order valence-corrected chi connectivity index (χ3v) is 4.25. The average molecular weight is 367 g/mol. The second-order valence-corrected chi connectivity index (χ2v) is 7.75. The van der Waals surface area contributed by atoms with Crippen molar-refractivity contribution in [3.63, 3.8) is 0 Å². The maximum Gasteiger partial charge on any atom is 0.288 e. The number of para-hydroxylation sites is 1. The number of halogens is 2. The van der Waals surface area contributed by atoms with Gasteiger partial charge in [0.1, 0.15) is 0 Å². The van der Waals surface area contributed by atoms with Crippen LogP contribution in [-0.4, -0.2) is 10.9 Å². The van der Waals surface area contributed by atoms with Crippen molar-refractivity contribution >= 4 is 40.5 Å². The van der Waals surface area contributed by atoms with Crippen LogP contribution in [0.1, 0.15) is 26.3 Å². The van der Waals surface area contributed by atoms with Gasteiger partial charge in [0.2, 0.25) is 0 Å². The third kappa shape index (κ3) is 5.46. The van der Waals surface area contributed by atoms with Gasteiger partial charge in [0.25, 0.3) is 5.76 Å². The number of anilines is 2. The first-order valence-electron chi connectivity index (χ1n) is 7.48. The molecule has 0 heterocycles. The van der Waals surface area contributed by atoms with Crippen LogP contribution in [0.15, 0.2) is 53.4 Å². The van der Waals surface area contributed by atoms with Crippen LogP contribution in [0.25, 0.3) is 0 Å². The van der Waals surface area contributed by atoms with E-state index in [0.717, 1.165) is 16.9 Å². The van der Waals surface area contributed by atoms with Gasteiger partial charge in [0, 0.05) is 16.3 Å². The van der Waals surface area contributed by atoms with Gasteiger partial charge in [-0.2, -0.15) is 8.78 Å². The smallest absolute Gasteiger partial charge is 0.288 e. The molecular formula is C18H20F2N2S2. The summed E-state index contributed by atoms with van der Waals surface area (Å²) in [6.45, 7) is 6.43. The summed E-state index contributed by atoms with van der Waals surface area (Å²) < 4.78 is 24.6. The highest BCUT2D eigenvalue weighted by Gasteiger charge is 2.17. The van der Waals surface area contributed by atoms with E-state index in [4.69, 9.17) is 12.2 Å². The van der Waals surface area contributed by atoms with Crippen molar-refractivity contribution in [1.29, 1.82) is 0 Å². The maximum absolute atomic E-state index is 12.3. The van der Waals surface area contributed by atoms with E-state index in [-0.39, 0.29) is 5.41 Å². The summed E-state index contributed by atoms with van der Waals surface area (Å²) in [5, 5.41) is 6.74. The molecule has 0 radical (unpaired) electrons. The lowest BCUT2D eigenvalue weighted by Gasteiger charge is -2.23. The molecule has 0 aliphatic carbocycles. The van der Waals surface area contributed by atoms with Crippen molar-refractivity contribution in [3.8, 4) is 0 Å². The summed E-state index contributed by atoms with van der Waals surface area (Å²) in [4.78, 5) is 0.521. The Morgan fingerprint density at radius 1 is 1.00 bits per heavy atom.